The van der Waals surface area contributed by atoms with E-state index in [4.69, 9.17) is 32.7 Å². The lowest BCUT2D eigenvalue weighted by molar-refractivity contribution is -0.116. The number of esters is 1. The molecule has 1 amide bonds. The van der Waals surface area contributed by atoms with Gasteiger partial charge in [0.1, 0.15) is 10.8 Å². The highest BCUT2D eigenvalue weighted by Gasteiger charge is 2.28. The number of carbonyl (C=O) groups excluding carboxylic acids is 2. The fourth-order valence-electron chi connectivity index (χ4n) is 3.35. The molecule has 1 heterocycles. The van der Waals surface area contributed by atoms with Gasteiger partial charge >= 0.3 is 5.97 Å². The van der Waals surface area contributed by atoms with Gasteiger partial charge in [-0.3, -0.25) is 4.79 Å². The number of ether oxygens (including phenoxy) is 2. The number of carbonyl (C=O) groups is 2. The summed E-state index contributed by atoms with van der Waals surface area (Å²) in [4.78, 5) is 25.9. The number of halogens is 2. The lowest BCUT2D eigenvalue weighted by Gasteiger charge is -2.18. The van der Waals surface area contributed by atoms with Crippen molar-refractivity contribution in [1.29, 1.82) is 0 Å². The number of benzene rings is 1. The van der Waals surface area contributed by atoms with E-state index in [9.17, 15) is 9.59 Å². The number of thiophene rings is 1. The smallest absolute Gasteiger partial charge is 0.341 e. The van der Waals surface area contributed by atoms with Gasteiger partial charge in [0.15, 0.2) is 0 Å². The first-order valence-corrected chi connectivity index (χ1v) is 11.1. The number of hydrogen-bond donors (Lipinski definition) is 1. The molecule has 1 N–H and O–H groups in total. The van der Waals surface area contributed by atoms with E-state index >= 15 is 0 Å². The van der Waals surface area contributed by atoms with Crippen molar-refractivity contribution < 1.29 is 19.1 Å². The Morgan fingerprint density at radius 2 is 2.10 bits per heavy atom. The van der Waals surface area contributed by atoms with Crippen molar-refractivity contribution in [2.75, 3.05) is 19.0 Å². The van der Waals surface area contributed by atoms with Crippen molar-refractivity contribution in [3.8, 4) is 5.75 Å². The van der Waals surface area contributed by atoms with E-state index < -0.39 is 5.97 Å². The van der Waals surface area contributed by atoms with Gasteiger partial charge in [0.2, 0.25) is 5.91 Å². The highest BCUT2D eigenvalue weighted by atomic mass is 35.5. The van der Waals surface area contributed by atoms with Crippen LogP contribution >= 0.6 is 34.5 Å². The third kappa shape index (κ3) is 5.44. The quantitative estimate of drug-likeness (QED) is 0.425. The van der Waals surface area contributed by atoms with Crippen molar-refractivity contribution in [3.63, 3.8) is 0 Å². The summed E-state index contributed by atoms with van der Waals surface area (Å²) in [5.74, 6) is 0.553. The highest BCUT2D eigenvalue weighted by molar-refractivity contribution is 7.17. The largest absolute Gasteiger partial charge is 0.492 e. The highest BCUT2D eigenvalue weighted by Crippen LogP contribution is 2.40. The van der Waals surface area contributed by atoms with Gasteiger partial charge in [0.25, 0.3) is 0 Å². The fourth-order valence-corrected chi connectivity index (χ4v) is 5.23. The Kier molecular flexibility index (Phi) is 7.44. The van der Waals surface area contributed by atoms with Crippen molar-refractivity contribution >= 4 is 51.4 Å². The molecule has 1 aromatic heterocycles. The van der Waals surface area contributed by atoms with E-state index in [-0.39, 0.29) is 12.3 Å². The summed E-state index contributed by atoms with van der Waals surface area (Å²) in [5.41, 5.74) is 1.54. The predicted octanol–water partition coefficient (Wildman–Crippen LogP) is 5.76. The van der Waals surface area contributed by atoms with Gasteiger partial charge in [-0.2, -0.15) is 0 Å². The molecule has 29 heavy (non-hydrogen) atoms. The van der Waals surface area contributed by atoms with Crippen molar-refractivity contribution in [1.82, 2.24) is 0 Å². The van der Waals surface area contributed by atoms with Crippen LogP contribution in [0.1, 0.15) is 47.0 Å². The molecule has 0 radical (unpaired) electrons. The lowest BCUT2D eigenvalue weighted by atomic mass is 9.88. The molecule has 0 aliphatic heterocycles. The molecule has 1 aliphatic carbocycles. The molecular formula is C21H23Cl2NO4S. The van der Waals surface area contributed by atoms with Gasteiger partial charge < -0.3 is 14.8 Å². The molecule has 156 valence electrons. The first-order valence-electron chi connectivity index (χ1n) is 9.49. The normalized spacial score (nSPS) is 15.5. The summed E-state index contributed by atoms with van der Waals surface area (Å²) in [5, 5.41) is 4.45. The van der Waals surface area contributed by atoms with Gasteiger partial charge in [-0.05, 0) is 55.4 Å². The third-order valence-corrected chi connectivity index (χ3v) is 6.55. The second-order valence-electron chi connectivity index (χ2n) is 7.12. The van der Waals surface area contributed by atoms with E-state index in [1.165, 1.54) is 23.3 Å². The number of hydrogen-bond acceptors (Lipinski definition) is 5. The molecule has 5 nitrogen and oxygen atoms in total. The van der Waals surface area contributed by atoms with Crippen LogP contribution in [0.2, 0.25) is 10.0 Å². The molecule has 0 saturated carbocycles. The summed E-state index contributed by atoms with van der Waals surface area (Å²) in [6.45, 7) is 2.54. The zero-order chi connectivity index (χ0) is 21.0. The lowest BCUT2D eigenvalue weighted by Crippen LogP contribution is -2.16. The molecule has 8 heteroatoms. The van der Waals surface area contributed by atoms with E-state index in [1.54, 1.807) is 18.2 Å². The van der Waals surface area contributed by atoms with Crippen LogP contribution in [0.4, 0.5) is 5.00 Å². The molecule has 0 fully saturated rings. The van der Waals surface area contributed by atoms with E-state index in [0.717, 1.165) is 24.8 Å². The average molecular weight is 456 g/mol. The Morgan fingerprint density at radius 3 is 2.83 bits per heavy atom. The monoisotopic (exact) mass is 455 g/mol. The number of nitrogens with one attached hydrogen (secondary N) is 1. The summed E-state index contributed by atoms with van der Waals surface area (Å²) in [6, 6.07) is 5.01. The number of rotatable bonds is 7. The minimum atomic E-state index is -0.395. The van der Waals surface area contributed by atoms with Crippen LogP contribution in [0.15, 0.2) is 18.2 Å². The van der Waals surface area contributed by atoms with Gasteiger partial charge in [-0.15, -0.1) is 11.3 Å². The second-order valence-corrected chi connectivity index (χ2v) is 9.07. The molecule has 0 spiro atoms. The fraction of sp³-hybridized carbons (Fsp3) is 0.429. The second kappa shape index (κ2) is 9.83. The molecule has 2 aromatic rings. The van der Waals surface area contributed by atoms with E-state index in [2.05, 4.69) is 12.2 Å². The summed E-state index contributed by atoms with van der Waals surface area (Å²) in [6.07, 6.45) is 3.58. The van der Waals surface area contributed by atoms with Crippen LogP contribution < -0.4 is 10.1 Å². The Hall–Kier alpha value is -1.76. The van der Waals surface area contributed by atoms with Crippen molar-refractivity contribution in [2.24, 2.45) is 5.92 Å². The van der Waals surface area contributed by atoms with E-state index in [0.29, 0.717) is 45.3 Å². The topological polar surface area (TPSA) is 64.6 Å². The predicted molar refractivity (Wildman–Crippen MR) is 117 cm³/mol. The minimum Gasteiger partial charge on any atom is -0.492 e. The Bertz CT molecular complexity index is 912. The standard InChI is InChI=1S/C21H23Cl2NO4S/c1-12-5-7-14-17(10-12)29-20(19(14)21(26)27-2)24-18(25)4-3-9-28-16-8-6-13(22)11-15(16)23/h6,8,11-12H,3-5,7,9-10H2,1-2H3,(H,24,25). The molecule has 3 rings (SSSR count). The summed E-state index contributed by atoms with van der Waals surface area (Å²) >= 11 is 13.4. The van der Waals surface area contributed by atoms with Gasteiger partial charge in [0.05, 0.1) is 24.3 Å². The van der Waals surface area contributed by atoms with Crippen molar-refractivity contribution in [2.45, 2.75) is 39.0 Å². The summed E-state index contributed by atoms with van der Waals surface area (Å²) in [7, 11) is 1.36. The van der Waals surface area contributed by atoms with Crippen LogP contribution in [0, 0.1) is 5.92 Å². The average Bonchev–Trinajstić information content (AvgIpc) is 3.02. The number of fused-ring (bicyclic) bond motifs is 1. The maximum absolute atomic E-state index is 12.4. The first kappa shape index (κ1) is 21.9. The minimum absolute atomic E-state index is 0.160. The Balaban J connectivity index is 1.58. The molecule has 1 unspecified atom stereocenters. The Morgan fingerprint density at radius 1 is 1.31 bits per heavy atom. The van der Waals surface area contributed by atoms with Crippen LogP contribution in [0.25, 0.3) is 0 Å². The molecule has 1 aromatic carbocycles. The molecule has 1 aliphatic rings. The zero-order valence-electron chi connectivity index (χ0n) is 16.3. The molecule has 0 saturated heterocycles. The van der Waals surface area contributed by atoms with Gasteiger partial charge in [0, 0.05) is 16.3 Å². The van der Waals surface area contributed by atoms with Crippen LogP contribution in [-0.4, -0.2) is 25.6 Å². The SMILES string of the molecule is COC(=O)c1c(NC(=O)CCCOc2ccc(Cl)cc2Cl)sc2c1CCC(C)C2. The molecule has 0 bridgehead atoms. The van der Waals surface area contributed by atoms with Gasteiger partial charge in [-0.25, -0.2) is 4.79 Å². The molecule has 1 atom stereocenters. The van der Waals surface area contributed by atoms with Gasteiger partial charge in [-0.1, -0.05) is 30.1 Å². The first-order chi connectivity index (χ1) is 13.9. The maximum atomic E-state index is 12.4. The molecular weight excluding hydrogens is 433 g/mol. The van der Waals surface area contributed by atoms with Crippen LogP contribution in [0.5, 0.6) is 5.75 Å². The van der Waals surface area contributed by atoms with Crippen LogP contribution in [0.3, 0.4) is 0 Å². The van der Waals surface area contributed by atoms with Crippen molar-refractivity contribution in [3.05, 3.63) is 44.2 Å². The number of amides is 1. The summed E-state index contributed by atoms with van der Waals surface area (Å²) < 4.78 is 10.6. The van der Waals surface area contributed by atoms with E-state index in [1.807, 2.05) is 0 Å². The maximum Gasteiger partial charge on any atom is 0.341 e. The van der Waals surface area contributed by atoms with Crippen LogP contribution in [-0.2, 0) is 22.4 Å². The number of methoxy groups -OCH3 is 1. The Labute approximate surface area is 184 Å². The zero-order valence-corrected chi connectivity index (χ0v) is 18.7. The number of anilines is 1. The third-order valence-electron chi connectivity index (χ3n) is 4.85.